The van der Waals surface area contributed by atoms with Crippen LogP contribution in [-0.4, -0.2) is 17.5 Å². The van der Waals surface area contributed by atoms with Gasteiger partial charge >= 0.3 is 6.03 Å². The molecule has 2 rings (SSSR count). The van der Waals surface area contributed by atoms with Gasteiger partial charge in [-0.1, -0.05) is 20.3 Å². The molecule has 1 heterocycles. The van der Waals surface area contributed by atoms with E-state index >= 15 is 0 Å². The summed E-state index contributed by atoms with van der Waals surface area (Å²) in [4.78, 5) is 23.0. The molecule has 0 aromatic rings. The normalized spacial score (nSPS) is 35.0. The maximum absolute atomic E-state index is 11.8. The van der Waals surface area contributed by atoms with Crippen molar-refractivity contribution in [1.29, 1.82) is 0 Å². The Kier molecular flexibility index (Phi) is 2.44. The lowest BCUT2D eigenvalue weighted by molar-refractivity contribution is -0.125. The summed E-state index contributed by atoms with van der Waals surface area (Å²) >= 11 is 0. The Labute approximate surface area is 89.8 Å². The van der Waals surface area contributed by atoms with Crippen molar-refractivity contribution in [1.82, 2.24) is 10.6 Å². The minimum Gasteiger partial charge on any atom is -0.323 e. The van der Waals surface area contributed by atoms with Gasteiger partial charge in [0, 0.05) is 0 Å². The number of imide groups is 1. The van der Waals surface area contributed by atoms with E-state index < -0.39 is 5.54 Å². The molecule has 1 spiro atoms. The van der Waals surface area contributed by atoms with Gasteiger partial charge in [0.15, 0.2) is 0 Å². The van der Waals surface area contributed by atoms with Gasteiger partial charge in [-0.2, -0.15) is 0 Å². The average Bonchev–Trinajstić information content (AvgIpc) is 2.60. The topological polar surface area (TPSA) is 58.2 Å². The molecule has 84 valence electrons. The minimum atomic E-state index is -0.582. The molecule has 2 atom stereocenters. The van der Waals surface area contributed by atoms with Crippen molar-refractivity contribution in [2.75, 3.05) is 0 Å². The largest absolute Gasteiger partial charge is 0.323 e. The van der Waals surface area contributed by atoms with Crippen LogP contribution in [0, 0.1) is 11.8 Å². The summed E-state index contributed by atoms with van der Waals surface area (Å²) in [5, 5.41) is 5.20. The SMILES string of the molecule is CC(C)C[C@@H]1CCC[C@]12NC(=O)NC2=O. The van der Waals surface area contributed by atoms with Crippen molar-refractivity contribution in [2.24, 2.45) is 11.8 Å². The molecule has 0 unspecified atom stereocenters. The molecule has 0 aromatic heterocycles. The predicted molar refractivity (Wildman–Crippen MR) is 56.2 cm³/mol. The molecule has 2 fully saturated rings. The van der Waals surface area contributed by atoms with Crippen LogP contribution in [-0.2, 0) is 4.79 Å². The van der Waals surface area contributed by atoms with Crippen LogP contribution in [0.15, 0.2) is 0 Å². The van der Waals surface area contributed by atoms with Crippen molar-refractivity contribution in [3.8, 4) is 0 Å². The number of hydrogen-bond acceptors (Lipinski definition) is 2. The highest BCUT2D eigenvalue weighted by Gasteiger charge is 2.53. The van der Waals surface area contributed by atoms with E-state index in [9.17, 15) is 9.59 Å². The molecule has 0 bridgehead atoms. The zero-order valence-corrected chi connectivity index (χ0v) is 9.30. The number of hydrogen-bond donors (Lipinski definition) is 2. The fourth-order valence-corrected chi connectivity index (χ4v) is 2.93. The highest BCUT2D eigenvalue weighted by Crippen LogP contribution is 2.41. The summed E-state index contributed by atoms with van der Waals surface area (Å²) in [6.45, 7) is 4.31. The lowest BCUT2D eigenvalue weighted by atomic mass is 9.81. The maximum Gasteiger partial charge on any atom is 0.322 e. The number of urea groups is 1. The third kappa shape index (κ3) is 1.62. The number of amides is 3. The van der Waals surface area contributed by atoms with Crippen molar-refractivity contribution >= 4 is 11.9 Å². The zero-order valence-electron chi connectivity index (χ0n) is 9.30. The van der Waals surface area contributed by atoms with E-state index in [0.717, 1.165) is 25.7 Å². The molecule has 4 heteroatoms. The second kappa shape index (κ2) is 3.51. The third-order valence-electron chi connectivity index (χ3n) is 3.55. The van der Waals surface area contributed by atoms with Crippen LogP contribution in [0.2, 0.25) is 0 Å². The molecule has 15 heavy (non-hydrogen) atoms. The Morgan fingerprint density at radius 2 is 2.20 bits per heavy atom. The number of carbonyl (C=O) groups excluding carboxylic acids is 2. The number of rotatable bonds is 2. The standard InChI is InChI=1S/C11H18N2O2/c1-7(2)6-8-4-3-5-11(8)9(14)12-10(15)13-11/h7-8H,3-6H2,1-2H3,(H2,12,13,14,15)/t8-,11-/m0/s1. The summed E-state index contributed by atoms with van der Waals surface area (Å²) in [7, 11) is 0. The van der Waals surface area contributed by atoms with E-state index in [4.69, 9.17) is 0 Å². The molecular weight excluding hydrogens is 192 g/mol. The molecule has 3 amide bonds. The quantitative estimate of drug-likeness (QED) is 0.677. The van der Waals surface area contributed by atoms with E-state index in [1.54, 1.807) is 0 Å². The molecule has 0 radical (unpaired) electrons. The van der Waals surface area contributed by atoms with E-state index in [1.807, 2.05) is 0 Å². The van der Waals surface area contributed by atoms with Crippen LogP contribution >= 0.6 is 0 Å². The zero-order chi connectivity index (χ0) is 11.1. The fraction of sp³-hybridized carbons (Fsp3) is 0.818. The molecule has 0 aromatic carbocycles. The minimum absolute atomic E-state index is 0.115. The smallest absolute Gasteiger partial charge is 0.322 e. The molecule has 1 aliphatic carbocycles. The first-order valence-corrected chi connectivity index (χ1v) is 5.68. The Balaban J connectivity index is 2.18. The van der Waals surface area contributed by atoms with E-state index in [0.29, 0.717) is 11.8 Å². The lowest BCUT2D eigenvalue weighted by Crippen LogP contribution is -2.50. The van der Waals surface area contributed by atoms with Crippen molar-refractivity contribution in [2.45, 2.75) is 45.1 Å². The van der Waals surface area contributed by atoms with Gasteiger partial charge in [0.25, 0.3) is 5.91 Å². The Morgan fingerprint density at radius 3 is 2.73 bits per heavy atom. The van der Waals surface area contributed by atoms with Crippen molar-refractivity contribution < 1.29 is 9.59 Å². The average molecular weight is 210 g/mol. The predicted octanol–water partition coefficient (Wildman–Crippen LogP) is 1.41. The molecule has 1 saturated heterocycles. The molecule has 4 nitrogen and oxygen atoms in total. The Bertz CT molecular complexity index is 301. The summed E-state index contributed by atoms with van der Waals surface area (Å²) in [5.41, 5.74) is -0.582. The molecule has 2 N–H and O–H groups in total. The first-order chi connectivity index (χ1) is 7.04. The highest BCUT2D eigenvalue weighted by molar-refractivity contribution is 6.07. The van der Waals surface area contributed by atoms with Crippen LogP contribution < -0.4 is 10.6 Å². The lowest BCUT2D eigenvalue weighted by Gasteiger charge is -2.29. The van der Waals surface area contributed by atoms with Gasteiger partial charge in [-0.15, -0.1) is 0 Å². The Morgan fingerprint density at radius 1 is 1.47 bits per heavy atom. The molecule has 1 aliphatic heterocycles. The summed E-state index contributed by atoms with van der Waals surface area (Å²) < 4.78 is 0. The van der Waals surface area contributed by atoms with E-state index in [1.165, 1.54) is 0 Å². The maximum atomic E-state index is 11.8. The third-order valence-corrected chi connectivity index (χ3v) is 3.55. The molecule has 2 aliphatic rings. The first kappa shape index (κ1) is 10.5. The van der Waals surface area contributed by atoms with Crippen LogP contribution in [0.1, 0.15) is 39.5 Å². The van der Waals surface area contributed by atoms with Gasteiger partial charge in [0.05, 0.1) is 0 Å². The van der Waals surface area contributed by atoms with Gasteiger partial charge in [0.2, 0.25) is 0 Å². The van der Waals surface area contributed by atoms with E-state index in [-0.39, 0.29) is 11.9 Å². The van der Waals surface area contributed by atoms with Gasteiger partial charge in [-0.3, -0.25) is 10.1 Å². The number of nitrogens with one attached hydrogen (secondary N) is 2. The first-order valence-electron chi connectivity index (χ1n) is 5.68. The van der Waals surface area contributed by atoms with Crippen LogP contribution in [0.25, 0.3) is 0 Å². The molecule has 1 saturated carbocycles. The van der Waals surface area contributed by atoms with Gasteiger partial charge in [-0.25, -0.2) is 4.79 Å². The summed E-state index contributed by atoms with van der Waals surface area (Å²) in [6, 6.07) is -0.323. The summed E-state index contributed by atoms with van der Waals surface area (Å²) in [5.74, 6) is 0.759. The fourth-order valence-electron chi connectivity index (χ4n) is 2.93. The van der Waals surface area contributed by atoms with Gasteiger partial charge < -0.3 is 5.32 Å². The van der Waals surface area contributed by atoms with Crippen LogP contribution in [0.3, 0.4) is 0 Å². The van der Waals surface area contributed by atoms with Crippen molar-refractivity contribution in [3.63, 3.8) is 0 Å². The van der Waals surface area contributed by atoms with E-state index in [2.05, 4.69) is 24.5 Å². The number of carbonyl (C=O) groups is 2. The highest BCUT2D eigenvalue weighted by atomic mass is 16.2. The van der Waals surface area contributed by atoms with Crippen LogP contribution in [0.5, 0.6) is 0 Å². The van der Waals surface area contributed by atoms with Gasteiger partial charge in [-0.05, 0) is 31.1 Å². The second-order valence-electron chi connectivity index (χ2n) is 5.10. The Hall–Kier alpha value is -1.06. The van der Waals surface area contributed by atoms with Crippen molar-refractivity contribution in [3.05, 3.63) is 0 Å². The van der Waals surface area contributed by atoms with Crippen LogP contribution in [0.4, 0.5) is 4.79 Å². The summed E-state index contributed by atoms with van der Waals surface area (Å²) in [6.07, 6.45) is 3.88. The molecular formula is C11H18N2O2. The monoisotopic (exact) mass is 210 g/mol. The second-order valence-corrected chi connectivity index (χ2v) is 5.10. The van der Waals surface area contributed by atoms with Gasteiger partial charge in [0.1, 0.15) is 5.54 Å².